The van der Waals surface area contributed by atoms with E-state index in [9.17, 15) is 0 Å². The first-order valence-corrected chi connectivity index (χ1v) is 25.3. The van der Waals surface area contributed by atoms with Crippen LogP contribution in [0, 0.1) is 26.7 Å². The predicted molar refractivity (Wildman–Crippen MR) is 313 cm³/mol. The molecule has 0 saturated heterocycles. The average molecular weight is 935 g/mol. The highest BCUT2D eigenvalue weighted by Crippen LogP contribution is 2.39. The molecule has 9 aromatic rings. The van der Waals surface area contributed by atoms with Crippen LogP contribution in [0.5, 0.6) is 0 Å². The highest BCUT2D eigenvalue weighted by Gasteiger charge is 2.17. The van der Waals surface area contributed by atoms with Gasteiger partial charge in [0.15, 0.2) is 0 Å². The SMILES string of the molecule is C=C(c1ccccc1)c1ccccc1.CC.Cc1ccc(N(c2ccc(C)cc2)c2ccc(-c3ccc(N(c4ccc(C)cc4)c4ccc(/C=C(/C5=CC=CC(C)C5)c5ccccc5)cc4)cc3)cc2)cc1. The monoisotopic (exact) mass is 935 g/mol. The summed E-state index contributed by atoms with van der Waals surface area (Å²) in [5.74, 6) is 0.525. The number of allylic oxidation sites excluding steroid dienone is 5. The summed E-state index contributed by atoms with van der Waals surface area (Å²) in [6.07, 6.45) is 10.1. The highest BCUT2D eigenvalue weighted by molar-refractivity contribution is 5.92. The van der Waals surface area contributed by atoms with E-state index in [1.54, 1.807) is 0 Å². The van der Waals surface area contributed by atoms with Gasteiger partial charge in [-0.2, -0.15) is 0 Å². The summed E-state index contributed by atoms with van der Waals surface area (Å²) < 4.78 is 0. The maximum absolute atomic E-state index is 4.10. The lowest BCUT2D eigenvalue weighted by Gasteiger charge is -2.26. The number of rotatable bonds is 12. The zero-order valence-corrected chi connectivity index (χ0v) is 42.7. The van der Waals surface area contributed by atoms with Crippen molar-refractivity contribution in [2.75, 3.05) is 9.80 Å². The molecule has 9 aromatic carbocycles. The molecule has 0 aliphatic heterocycles. The predicted octanol–water partition coefficient (Wildman–Crippen LogP) is 20.1. The van der Waals surface area contributed by atoms with Gasteiger partial charge in [0.1, 0.15) is 0 Å². The van der Waals surface area contributed by atoms with Crippen molar-refractivity contribution in [3.05, 3.63) is 306 Å². The second kappa shape index (κ2) is 24.4. The number of hydrogen-bond acceptors (Lipinski definition) is 2. The van der Waals surface area contributed by atoms with Gasteiger partial charge in [-0.25, -0.2) is 0 Å². The minimum atomic E-state index is 0.525. The molecule has 0 spiro atoms. The fourth-order valence-corrected chi connectivity index (χ4v) is 8.94. The molecule has 1 atom stereocenters. The van der Waals surface area contributed by atoms with Crippen molar-refractivity contribution in [1.82, 2.24) is 0 Å². The molecule has 356 valence electrons. The quantitative estimate of drug-likeness (QED) is 0.113. The van der Waals surface area contributed by atoms with Crippen LogP contribution in [0.3, 0.4) is 0 Å². The van der Waals surface area contributed by atoms with E-state index in [-0.39, 0.29) is 0 Å². The largest absolute Gasteiger partial charge is 0.311 e. The Bertz CT molecular complexity index is 3110. The first-order valence-electron chi connectivity index (χ1n) is 25.3. The van der Waals surface area contributed by atoms with Crippen LogP contribution in [0.4, 0.5) is 34.1 Å². The smallest absolute Gasteiger partial charge is 0.0462 e. The van der Waals surface area contributed by atoms with Gasteiger partial charge in [-0.15, -0.1) is 0 Å². The van der Waals surface area contributed by atoms with E-state index in [1.165, 1.54) is 61.2 Å². The Kier molecular flexibility index (Phi) is 16.9. The van der Waals surface area contributed by atoms with Crippen LogP contribution in [0.25, 0.3) is 28.3 Å². The van der Waals surface area contributed by atoms with Gasteiger partial charge in [0.25, 0.3) is 0 Å². The molecule has 0 amide bonds. The number of nitrogens with zero attached hydrogens (tertiary/aromatic N) is 2. The van der Waals surface area contributed by atoms with Crippen LogP contribution in [0.1, 0.15) is 66.1 Å². The molecule has 1 unspecified atom stereocenters. The van der Waals surface area contributed by atoms with Crippen LogP contribution >= 0.6 is 0 Å². The summed E-state index contributed by atoms with van der Waals surface area (Å²) in [5.41, 5.74) is 21.4. The number of hydrogen-bond donors (Lipinski definition) is 0. The van der Waals surface area contributed by atoms with Gasteiger partial charge in [0.2, 0.25) is 0 Å². The van der Waals surface area contributed by atoms with E-state index < -0.39 is 0 Å². The molecule has 1 aliphatic rings. The van der Waals surface area contributed by atoms with Crippen molar-refractivity contribution < 1.29 is 0 Å². The maximum atomic E-state index is 4.10. The van der Waals surface area contributed by atoms with Crippen molar-refractivity contribution in [2.24, 2.45) is 5.92 Å². The van der Waals surface area contributed by atoms with E-state index in [2.05, 4.69) is 269 Å². The van der Waals surface area contributed by atoms with E-state index in [0.717, 1.165) is 46.1 Å². The van der Waals surface area contributed by atoms with Crippen LogP contribution < -0.4 is 9.80 Å². The molecule has 2 nitrogen and oxygen atoms in total. The molecule has 0 N–H and O–H groups in total. The Morgan fingerprint density at radius 2 is 0.736 bits per heavy atom. The lowest BCUT2D eigenvalue weighted by molar-refractivity contribution is 0.721. The Morgan fingerprint density at radius 3 is 1.08 bits per heavy atom. The molecule has 0 bridgehead atoms. The lowest BCUT2D eigenvalue weighted by atomic mass is 9.86. The summed E-state index contributed by atoms with van der Waals surface area (Å²) in [6.45, 7) is 16.8. The lowest BCUT2D eigenvalue weighted by Crippen LogP contribution is -2.10. The van der Waals surface area contributed by atoms with Gasteiger partial charge in [-0.3, -0.25) is 0 Å². The molecule has 10 rings (SSSR count). The van der Waals surface area contributed by atoms with Gasteiger partial charge in [-0.1, -0.05) is 226 Å². The molecule has 0 heterocycles. The fraction of sp³-hybridized carbons (Fsp3) is 0.114. The van der Waals surface area contributed by atoms with Gasteiger partial charge in [0.05, 0.1) is 0 Å². The summed E-state index contributed by atoms with van der Waals surface area (Å²) >= 11 is 0. The second-order valence-electron chi connectivity index (χ2n) is 18.3. The Labute approximate surface area is 429 Å². The first-order chi connectivity index (χ1) is 35.3. The summed E-state index contributed by atoms with van der Waals surface area (Å²) in [4.78, 5) is 4.66. The van der Waals surface area contributed by atoms with Crippen LogP contribution in [-0.4, -0.2) is 0 Å². The Morgan fingerprint density at radius 1 is 0.417 bits per heavy atom. The minimum Gasteiger partial charge on any atom is -0.311 e. The molecular weight excluding hydrogens is 869 g/mol. The van der Waals surface area contributed by atoms with Crippen LogP contribution in [0.2, 0.25) is 0 Å². The van der Waals surface area contributed by atoms with Crippen molar-refractivity contribution >= 4 is 51.3 Å². The molecule has 0 radical (unpaired) electrons. The zero-order chi connectivity index (χ0) is 50.2. The van der Waals surface area contributed by atoms with Crippen molar-refractivity contribution in [1.29, 1.82) is 0 Å². The molecule has 0 saturated carbocycles. The second-order valence-corrected chi connectivity index (χ2v) is 18.3. The molecule has 1 aliphatic carbocycles. The third kappa shape index (κ3) is 12.6. The minimum absolute atomic E-state index is 0.525. The first kappa shape index (κ1) is 49.9. The normalized spacial score (nSPS) is 12.8. The third-order valence-corrected chi connectivity index (χ3v) is 12.9. The fourth-order valence-electron chi connectivity index (χ4n) is 8.94. The van der Waals surface area contributed by atoms with Crippen molar-refractivity contribution in [3.63, 3.8) is 0 Å². The number of benzene rings is 9. The van der Waals surface area contributed by atoms with E-state index in [1.807, 2.05) is 50.2 Å². The van der Waals surface area contributed by atoms with Crippen molar-refractivity contribution in [3.8, 4) is 11.1 Å². The molecular formula is C70H66N2. The van der Waals surface area contributed by atoms with E-state index in [4.69, 9.17) is 0 Å². The summed E-state index contributed by atoms with van der Waals surface area (Å²) in [5, 5.41) is 0. The van der Waals surface area contributed by atoms with Gasteiger partial charge < -0.3 is 9.80 Å². The van der Waals surface area contributed by atoms with Gasteiger partial charge >= 0.3 is 0 Å². The van der Waals surface area contributed by atoms with E-state index in [0.29, 0.717) is 5.92 Å². The molecule has 2 heteroatoms. The highest BCUT2D eigenvalue weighted by atomic mass is 15.1. The van der Waals surface area contributed by atoms with E-state index >= 15 is 0 Å². The third-order valence-electron chi connectivity index (χ3n) is 12.9. The summed E-state index contributed by atoms with van der Waals surface area (Å²) in [6, 6.07) is 84.3. The molecule has 72 heavy (non-hydrogen) atoms. The zero-order valence-electron chi connectivity index (χ0n) is 42.7. The Hall–Kier alpha value is -8.46. The number of anilines is 6. The molecule has 0 aromatic heterocycles. The maximum Gasteiger partial charge on any atom is 0.0462 e. The standard InChI is InChI=1S/C54H48N2.C14H12.C2H6/c1-39-13-25-48(26-14-39)55(49-27-15-40(2)16-28-49)52-33-21-44(22-34-52)45-23-35-53(36-24-45)56(50-29-17-41(3)18-30-50)51-31-19-43(20-32-51)38-54(46-10-6-5-7-11-46)47-12-8-9-42(4)37-47;1-12(13-8-4-2-5-9-13)14-10-6-3-7-11-14;1-2/h5-36,38,42H,37H2,1-4H3;2-11H,1H2;1-2H3/b54-38+;;. The van der Waals surface area contributed by atoms with Gasteiger partial charge in [-0.05, 0) is 162 Å². The topological polar surface area (TPSA) is 6.48 Å². The number of aryl methyl sites for hydroxylation is 3. The van der Waals surface area contributed by atoms with Crippen LogP contribution in [-0.2, 0) is 0 Å². The average Bonchev–Trinajstić information content (AvgIpc) is 3.44. The Balaban J connectivity index is 0.000000370. The summed E-state index contributed by atoms with van der Waals surface area (Å²) in [7, 11) is 0. The van der Waals surface area contributed by atoms with Crippen molar-refractivity contribution in [2.45, 2.75) is 48.0 Å². The van der Waals surface area contributed by atoms with Crippen LogP contribution in [0.15, 0.2) is 267 Å². The molecule has 0 fully saturated rings. The van der Waals surface area contributed by atoms with Gasteiger partial charge in [0, 0.05) is 34.1 Å².